The lowest BCUT2D eigenvalue weighted by atomic mass is 9.92. The van der Waals surface area contributed by atoms with Crippen LogP contribution in [0.2, 0.25) is 0 Å². The molecule has 0 saturated carbocycles. The summed E-state index contributed by atoms with van der Waals surface area (Å²) >= 11 is 0. The zero-order valence-corrected chi connectivity index (χ0v) is 17.3. The van der Waals surface area contributed by atoms with E-state index in [1.54, 1.807) is 35.1 Å². The van der Waals surface area contributed by atoms with E-state index in [1.807, 2.05) is 58.0 Å². The van der Waals surface area contributed by atoms with Crippen molar-refractivity contribution in [3.63, 3.8) is 0 Å². The predicted octanol–water partition coefficient (Wildman–Crippen LogP) is 4.37. The molecule has 148 valence electrons. The van der Waals surface area contributed by atoms with Crippen LogP contribution in [0.15, 0.2) is 65.7 Å². The molecule has 0 unspecified atom stereocenters. The molecule has 0 aliphatic heterocycles. The number of ether oxygens (including phenoxy) is 1. The van der Waals surface area contributed by atoms with Gasteiger partial charge in [0, 0.05) is 11.1 Å². The second-order valence-electron chi connectivity index (χ2n) is 7.43. The first kappa shape index (κ1) is 19.9. The lowest BCUT2D eigenvalue weighted by Gasteiger charge is -2.18. The number of nitrogens with one attached hydrogen (secondary N) is 1. The molecule has 0 saturated heterocycles. The van der Waals surface area contributed by atoms with Gasteiger partial charge in [0.1, 0.15) is 10.6 Å². The fraction of sp³-hybridized carbons (Fsp3) is 0.286. The number of hydrogen-bond acceptors (Lipinski definition) is 4. The summed E-state index contributed by atoms with van der Waals surface area (Å²) in [5.74, 6) is 0.692. The molecule has 0 atom stereocenters. The molecule has 2 aromatic carbocycles. The molecular formula is C21H25N3O3S. The summed E-state index contributed by atoms with van der Waals surface area (Å²) in [6, 6.07) is 16.3. The maximum absolute atomic E-state index is 13.1. The summed E-state index contributed by atoms with van der Waals surface area (Å²) in [6.07, 6.45) is 1.56. The van der Waals surface area contributed by atoms with Gasteiger partial charge in [0.15, 0.2) is 0 Å². The van der Waals surface area contributed by atoms with Crippen LogP contribution in [0.3, 0.4) is 0 Å². The van der Waals surface area contributed by atoms with Gasteiger partial charge in [-0.25, -0.2) is 13.1 Å². The summed E-state index contributed by atoms with van der Waals surface area (Å²) in [6.45, 7) is 8.29. The molecule has 7 heteroatoms. The van der Waals surface area contributed by atoms with Crippen molar-refractivity contribution in [3.8, 4) is 11.4 Å². The monoisotopic (exact) mass is 399 g/mol. The van der Waals surface area contributed by atoms with Crippen LogP contribution in [0, 0.1) is 0 Å². The molecule has 28 heavy (non-hydrogen) atoms. The smallest absolute Gasteiger partial charge is 0.265 e. The van der Waals surface area contributed by atoms with Gasteiger partial charge in [-0.3, -0.25) is 4.72 Å². The van der Waals surface area contributed by atoms with Gasteiger partial charge in [0.2, 0.25) is 0 Å². The Kier molecular flexibility index (Phi) is 5.47. The maximum atomic E-state index is 13.1. The van der Waals surface area contributed by atoms with Crippen molar-refractivity contribution in [2.45, 2.75) is 38.0 Å². The first-order valence-corrected chi connectivity index (χ1v) is 10.6. The van der Waals surface area contributed by atoms with E-state index in [2.05, 4.69) is 9.82 Å². The van der Waals surface area contributed by atoms with Crippen molar-refractivity contribution >= 4 is 15.7 Å². The molecule has 0 bridgehead atoms. The van der Waals surface area contributed by atoms with Crippen LogP contribution in [0.5, 0.6) is 5.75 Å². The number of anilines is 1. The Hall–Kier alpha value is -2.80. The lowest BCUT2D eigenvalue weighted by molar-refractivity contribution is 0.340. The van der Waals surface area contributed by atoms with E-state index < -0.39 is 15.4 Å². The molecule has 0 aliphatic carbocycles. The first-order valence-electron chi connectivity index (χ1n) is 9.12. The van der Waals surface area contributed by atoms with Crippen molar-refractivity contribution in [1.82, 2.24) is 9.78 Å². The molecule has 6 nitrogen and oxygen atoms in total. The second-order valence-corrected chi connectivity index (χ2v) is 9.09. The van der Waals surface area contributed by atoms with E-state index in [0.717, 1.165) is 5.69 Å². The Morgan fingerprint density at radius 1 is 1.04 bits per heavy atom. The van der Waals surface area contributed by atoms with Gasteiger partial charge in [-0.2, -0.15) is 5.10 Å². The van der Waals surface area contributed by atoms with Gasteiger partial charge in [0.05, 0.1) is 24.2 Å². The fourth-order valence-electron chi connectivity index (χ4n) is 2.78. The van der Waals surface area contributed by atoms with Crippen molar-refractivity contribution in [3.05, 3.63) is 66.5 Å². The van der Waals surface area contributed by atoms with E-state index >= 15 is 0 Å². The summed E-state index contributed by atoms with van der Waals surface area (Å²) in [5, 5.41) is 4.58. The zero-order chi connectivity index (χ0) is 20.4. The first-order chi connectivity index (χ1) is 13.2. The van der Waals surface area contributed by atoms with E-state index in [9.17, 15) is 8.42 Å². The summed E-state index contributed by atoms with van der Waals surface area (Å²) in [7, 11) is -3.81. The zero-order valence-electron chi connectivity index (χ0n) is 16.5. The second kappa shape index (κ2) is 7.67. The largest absolute Gasteiger partial charge is 0.494 e. The topological polar surface area (TPSA) is 73.2 Å². The van der Waals surface area contributed by atoms with E-state index in [1.165, 1.54) is 0 Å². The predicted molar refractivity (Wildman–Crippen MR) is 111 cm³/mol. The van der Waals surface area contributed by atoms with Gasteiger partial charge in [-0.1, -0.05) is 39.0 Å². The number of aromatic nitrogens is 2. The third-order valence-electron chi connectivity index (χ3n) is 4.12. The summed E-state index contributed by atoms with van der Waals surface area (Å²) in [5.41, 5.74) is 1.34. The highest BCUT2D eigenvalue weighted by molar-refractivity contribution is 7.92. The minimum atomic E-state index is -3.81. The summed E-state index contributed by atoms with van der Waals surface area (Å²) < 4.78 is 35.9. The number of rotatable bonds is 6. The van der Waals surface area contributed by atoms with Gasteiger partial charge in [-0.05, 0) is 43.3 Å². The number of benzene rings is 2. The molecule has 0 fully saturated rings. The van der Waals surface area contributed by atoms with Crippen LogP contribution in [-0.4, -0.2) is 24.8 Å². The third-order valence-corrected chi connectivity index (χ3v) is 5.50. The Morgan fingerprint density at radius 2 is 1.68 bits per heavy atom. The SMILES string of the molecule is CCOc1ccc(NS(=O)(=O)c2cn(-c3ccccc3)nc2C(C)(C)C)cc1. The lowest BCUT2D eigenvalue weighted by Crippen LogP contribution is -2.20. The Labute approximate surface area is 166 Å². The molecule has 3 aromatic rings. The van der Waals surface area contributed by atoms with E-state index in [0.29, 0.717) is 23.7 Å². The summed E-state index contributed by atoms with van der Waals surface area (Å²) in [4.78, 5) is 0.165. The third kappa shape index (κ3) is 4.36. The molecule has 1 aromatic heterocycles. The van der Waals surface area contributed by atoms with Crippen molar-refractivity contribution in [2.75, 3.05) is 11.3 Å². The van der Waals surface area contributed by atoms with Crippen molar-refractivity contribution in [2.24, 2.45) is 0 Å². The van der Waals surface area contributed by atoms with E-state index in [4.69, 9.17) is 4.74 Å². The molecule has 3 rings (SSSR count). The van der Waals surface area contributed by atoms with Crippen LogP contribution < -0.4 is 9.46 Å². The highest BCUT2D eigenvalue weighted by Gasteiger charge is 2.30. The molecule has 0 amide bonds. The minimum absolute atomic E-state index is 0.165. The molecule has 0 spiro atoms. The van der Waals surface area contributed by atoms with Crippen LogP contribution >= 0.6 is 0 Å². The Bertz CT molecular complexity index is 1030. The average molecular weight is 400 g/mol. The van der Waals surface area contributed by atoms with Gasteiger partial charge in [-0.15, -0.1) is 0 Å². The van der Waals surface area contributed by atoms with Gasteiger partial charge in [0.25, 0.3) is 10.0 Å². The van der Waals surface area contributed by atoms with Gasteiger partial charge < -0.3 is 4.74 Å². The maximum Gasteiger partial charge on any atom is 0.265 e. The van der Waals surface area contributed by atoms with Crippen LogP contribution in [-0.2, 0) is 15.4 Å². The van der Waals surface area contributed by atoms with Crippen molar-refractivity contribution < 1.29 is 13.2 Å². The molecule has 0 radical (unpaired) electrons. The number of hydrogen-bond donors (Lipinski definition) is 1. The van der Waals surface area contributed by atoms with Crippen LogP contribution in [0.25, 0.3) is 5.69 Å². The minimum Gasteiger partial charge on any atom is -0.494 e. The molecule has 1 N–H and O–H groups in total. The van der Waals surface area contributed by atoms with Gasteiger partial charge >= 0.3 is 0 Å². The van der Waals surface area contributed by atoms with Crippen molar-refractivity contribution in [1.29, 1.82) is 0 Å². The average Bonchev–Trinajstić information content (AvgIpc) is 3.11. The molecule has 0 aliphatic rings. The quantitative estimate of drug-likeness (QED) is 0.668. The normalized spacial score (nSPS) is 12.0. The number of para-hydroxylation sites is 1. The number of sulfonamides is 1. The molecular weight excluding hydrogens is 374 g/mol. The Morgan fingerprint density at radius 3 is 2.25 bits per heavy atom. The highest BCUT2D eigenvalue weighted by atomic mass is 32.2. The standard InChI is InChI=1S/C21H25N3O3S/c1-5-27-18-13-11-16(12-14-18)23-28(25,26)19-15-24(17-9-7-6-8-10-17)22-20(19)21(2,3)4/h6-15,23H,5H2,1-4H3. The molecule has 1 heterocycles. The van der Waals surface area contributed by atoms with Crippen LogP contribution in [0.1, 0.15) is 33.4 Å². The Balaban J connectivity index is 1.99. The van der Waals surface area contributed by atoms with Crippen LogP contribution in [0.4, 0.5) is 5.69 Å². The number of nitrogens with zero attached hydrogens (tertiary/aromatic N) is 2. The fourth-order valence-corrected chi connectivity index (χ4v) is 4.18. The van der Waals surface area contributed by atoms with E-state index in [-0.39, 0.29) is 4.90 Å². The highest BCUT2D eigenvalue weighted by Crippen LogP contribution is 2.30.